The first-order valence-corrected chi connectivity index (χ1v) is 6.34. The fraction of sp³-hybridized carbons (Fsp3) is 0.333. The van der Waals surface area contributed by atoms with Crippen LogP contribution in [0, 0.1) is 6.92 Å². The number of hydrogen-bond acceptors (Lipinski definition) is 4. The lowest BCUT2D eigenvalue weighted by Gasteiger charge is -2.05. The molecule has 5 nitrogen and oxygen atoms in total. The van der Waals surface area contributed by atoms with Crippen molar-refractivity contribution in [2.24, 2.45) is 7.05 Å². The molecule has 20 heavy (non-hydrogen) atoms. The quantitative estimate of drug-likeness (QED) is 0.635. The van der Waals surface area contributed by atoms with Gasteiger partial charge < -0.3 is 14.0 Å². The van der Waals surface area contributed by atoms with Crippen LogP contribution in [-0.4, -0.2) is 30.5 Å². The second-order valence-corrected chi connectivity index (χ2v) is 4.47. The van der Waals surface area contributed by atoms with Gasteiger partial charge in [0.2, 0.25) is 0 Å². The molecule has 0 spiro atoms. The number of aryl methyl sites for hydroxylation is 1. The van der Waals surface area contributed by atoms with E-state index in [0.717, 1.165) is 22.9 Å². The number of fused-ring (bicyclic) bond motifs is 1. The van der Waals surface area contributed by atoms with Gasteiger partial charge in [-0.1, -0.05) is 0 Å². The Hall–Kier alpha value is -2.30. The van der Waals surface area contributed by atoms with Gasteiger partial charge in [0, 0.05) is 23.6 Å². The Morgan fingerprint density at radius 2 is 2.10 bits per heavy atom. The van der Waals surface area contributed by atoms with E-state index in [1.807, 2.05) is 18.5 Å². The van der Waals surface area contributed by atoms with Crippen LogP contribution < -0.4 is 4.74 Å². The first kappa shape index (κ1) is 14.1. The molecule has 0 aliphatic rings. The number of ether oxygens (including phenoxy) is 2. The standard InChI is InChI=1S/C15H17NO4/c1-5-20-15(18)14-9(2)16(3)12-6-10(8-17)13(19-4)7-11(12)14/h6-8H,5H2,1-4H3. The fourth-order valence-electron chi connectivity index (χ4n) is 2.34. The predicted octanol–water partition coefficient (Wildman–Crippen LogP) is 2.48. The zero-order valence-corrected chi connectivity index (χ0v) is 12.0. The van der Waals surface area contributed by atoms with Crippen LogP contribution in [0.3, 0.4) is 0 Å². The summed E-state index contributed by atoms with van der Waals surface area (Å²) in [6, 6.07) is 3.43. The molecular formula is C15H17NO4. The van der Waals surface area contributed by atoms with E-state index in [0.29, 0.717) is 23.5 Å². The number of benzene rings is 1. The second kappa shape index (κ2) is 5.36. The van der Waals surface area contributed by atoms with Gasteiger partial charge in [0.15, 0.2) is 6.29 Å². The van der Waals surface area contributed by atoms with Crippen molar-refractivity contribution in [1.82, 2.24) is 4.57 Å². The Kier molecular flexibility index (Phi) is 3.79. The molecule has 106 valence electrons. The Morgan fingerprint density at radius 3 is 2.65 bits per heavy atom. The van der Waals surface area contributed by atoms with E-state index < -0.39 is 0 Å². The monoisotopic (exact) mass is 275 g/mol. The summed E-state index contributed by atoms with van der Waals surface area (Å²) in [6.07, 6.45) is 0.741. The van der Waals surface area contributed by atoms with E-state index >= 15 is 0 Å². The van der Waals surface area contributed by atoms with Crippen molar-refractivity contribution in [3.63, 3.8) is 0 Å². The minimum absolute atomic E-state index is 0.318. The van der Waals surface area contributed by atoms with Gasteiger partial charge in [-0.25, -0.2) is 4.79 Å². The van der Waals surface area contributed by atoms with Crippen LogP contribution in [0.2, 0.25) is 0 Å². The number of carbonyl (C=O) groups excluding carboxylic acids is 2. The van der Waals surface area contributed by atoms with Gasteiger partial charge >= 0.3 is 5.97 Å². The molecule has 0 fully saturated rings. The molecule has 1 heterocycles. The lowest BCUT2D eigenvalue weighted by atomic mass is 10.1. The molecule has 2 aromatic rings. The number of rotatable bonds is 4. The first-order chi connectivity index (χ1) is 9.54. The van der Waals surface area contributed by atoms with Gasteiger partial charge in [-0.3, -0.25) is 4.79 Å². The number of esters is 1. The van der Waals surface area contributed by atoms with E-state index in [4.69, 9.17) is 9.47 Å². The van der Waals surface area contributed by atoms with Gasteiger partial charge in [-0.2, -0.15) is 0 Å². The van der Waals surface area contributed by atoms with Gasteiger partial charge in [0.25, 0.3) is 0 Å². The zero-order chi connectivity index (χ0) is 14.9. The van der Waals surface area contributed by atoms with Crippen LogP contribution in [0.4, 0.5) is 0 Å². The molecule has 0 saturated heterocycles. The van der Waals surface area contributed by atoms with Gasteiger partial charge in [0.05, 0.1) is 24.8 Å². The Morgan fingerprint density at radius 1 is 1.40 bits per heavy atom. The molecule has 1 aromatic carbocycles. The van der Waals surface area contributed by atoms with E-state index in [1.54, 1.807) is 19.1 Å². The molecular weight excluding hydrogens is 258 g/mol. The Labute approximate surface area is 117 Å². The van der Waals surface area contributed by atoms with Gasteiger partial charge in [-0.15, -0.1) is 0 Å². The molecule has 0 unspecified atom stereocenters. The summed E-state index contributed by atoms with van der Waals surface area (Å²) in [4.78, 5) is 23.2. The molecule has 0 saturated carbocycles. The highest BCUT2D eigenvalue weighted by Gasteiger charge is 2.21. The summed E-state index contributed by atoms with van der Waals surface area (Å²) in [5.41, 5.74) is 2.56. The van der Waals surface area contributed by atoms with E-state index in [-0.39, 0.29) is 5.97 Å². The van der Waals surface area contributed by atoms with Gasteiger partial charge in [0.1, 0.15) is 5.75 Å². The van der Waals surface area contributed by atoms with Crippen LogP contribution in [0.15, 0.2) is 12.1 Å². The zero-order valence-electron chi connectivity index (χ0n) is 12.0. The smallest absolute Gasteiger partial charge is 0.340 e. The lowest BCUT2D eigenvalue weighted by Crippen LogP contribution is -2.06. The Bertz CT molecular complexity index is 685. The SMILES string of the molecule is CCOC(=O)c1c(C)n(C)c2cc(C=O)c(OC)cc12. The van der Waals surface area contributed by atoms with Crippen molar-refractivity contribution in [2.75, 3.05) is 13.7 Å². The minimum atomic E-state index is -0.364. The summed E-state index contributed by atoms with van der Waals surface area (Å²) in [5, 5.41) is 0.728. The number of aromatic nitrogens is 1. The minimum Gasteiger partial charge on any atom is -0.496 e. The van der Waals surface area contributed by atoms with Crippen molar-refractivity contribution in [3.8, 4) is 5.75 Å². The molecule has 0 bridgehead atoms. The third kappa shape index (κ3) is 2.05. The summed E-state index contributed by atoms with van der Waals surface area (Å²) >= 11 is 0. The molecule has 0 radical (unpaired) electrons. The summed E-state index contributed by atoms with van der Waals surface area (Å²) in [5.74, 6) is 0.0835. The van der Waals surface area contributed by atoms with E-state index in [2.05, 4.69) is 0 Å². The van der Waals surface area contributed by atoms with Crippen molar-refractivity contribution < 1.29 is 19.1 Å². The normalized spacial score (nSPS) is 10.6. The highest BCUT2D eigenvalue weighted by Crippen LogP contribution is 2.31. The summed E-state index contributed by atoms with van der Waals surface area (Å²) < 4.78 is 12.2. The van der Waals surface area contributed by atoms with Crippen molar-refractivity contribution in [2.45, 2.75) is 13.8 Å². The molecule has 1 aromatic heterocycles. The largest absolute Gasteiger partial charge is 0.496 e. The lowest BCUT2D eigenvalue weighted by molar-refractivity contribution is 0.0527. The highest BCUT2D eigenvalue weighted by atomic mass is 16.5. The molecule has 0 aliphatic heterocycles. The fourth-order valence-corrected chi connectivity index (χ4v) is 2.34. The molecule has 0 amide bonds. The number of carbonyl (C=O) groups is 2. The highest BCUT2D eigenvalue weighted by molar-refractivity contribution is 6.07. The van der Waals surface area contributed by atoms with Gasteiger partial charge in [-0.05, 0) is 26.0 Å². The number of hydrogen-bond donors (Lipinski definition) is 0. The Balaban J connectivity index is 2.79. The maximum Gasteiger partial charge on any atom is 0.340 e. The molecule has 2 rings (SSSR count). The topological polar surface area (TPSA) is 57.5 Å². The number of nitrogens with zero attached hydrogens (tertiary/aromatic N) is 1. The summed E-state index contributed by atoms with van der Waals surface area (Å²) in [6.45, 7) is 3.93. The third-order valence-electron chi connectivity index (χ3n) is 3.45. The molecule has 0 atom stereocenters. The summed E-state index contributed by atoms with van der Waals surface area (Å²) in [7, 11) is 3.34. The van der Waals surface area contributed by atoms with Crippen molar-refractivity contribution in [1.29, 1.82) is 0 Å². The number of aldehydes is 1. The molecule has 0 aliphatic carbocycles. The molecule has 0 N–H and O–H groups in total. The van der Waals surface area contributed by atoms with Crippen LogP contribution in [0.1, 0.15) is 33.3 Å². The number of methoxy groups -OCH3 is 1. The third-order valence-corrected chi connectivity index (χ3v) is 3.45. The van der Waals surface area contributed by atoms with Crippen LogP contribution in [0.25, 0.3) is 10.9 Å². The average molecular weight is 275 g/mol. The average Bonchev–Trinajstić information content (AvgIpc) is 2.69. The maximum absolute atomic E-state index is 12.1. The van der Waals surface area contributed by atoms with E-state index in [1.165, 1.54) is 7.11 Å². The molecule has 5 heteroatoms. The van der Waals surface area contributed by atoms with Crippen LogP contribution in [-0.2, 0) is 11.8 Å². The predicted molar refractivity (Wildman–Crippen MR) is 75.6 cm³/mol. The van der Waals surface area contributed by atoms with Crippen LogP contribution in [0.5, 0.6) is 5.75 Å². The van der Waals surface area contributed by atoms with Crippen molar-refractivity contribution in [3.05, 3.63) is 29.0 Å². The van der Waals surface area contributed by atoms with E-state index in [9.17, 15) is 9.59 Å². The second-order valence-electron chi connectivity index (χ2n) is 4.47. The van der Waals surface area contributed by atoms with Crippen molar-refractivity contribution >= 4 is 23.2 Å². The first-order valence-electron chi connectivity index (χ1n) is 6.34. The van der Waals surface area contributed by atoms with Crippen LogP contribution >= 0.6 is 0 Å². The maximum atomic E-state index is 12.1.